The highest BCUT2D eigenvalue weighted by Crippen LogP contribution is 2.43. The van der Waals surface area contributed by atoms with Crippen molar-refractivity contribution in [3.05, 3.63) is 95.5 Å². The minimum absolute atomic E-state index is 0.0263. The Hall–Kier alpha value is -5.05. The summed E-state index contributed by atoms with van der Waals surface area (Å²) in [5, 5.41) is 14.4. The van der Waals surface area contributed by atoms with E-state index in [-0.39, 0.29) is 17.2 Å². The molecule has 1 aliphatic heterocycles. The first-order valence-electron chi connectivity index (χ1n) is 12.2. The lowest BCUT2D eigenvalue weighted by atomic mass is 9.94. The van der Waals surface area contributed by atoms with Crippen molar-refractivity contribution in [3.8, 4) is 5.75 Å². The van der Waals surface area contributed by atoms with E-state index in [0.717, 1.165) is 5.69 Å². The lowest BCUT2D eigenvalue weighted by Gasteiger charge is -2.27. The van der Waals surface area contributed by atoms with Crippen molar-refractivity contribution >= 4 is 45.6 Å². The number of ketones is 1. The van der Waals surface area contributed by atoms with Crippen LogP contribution < -0.4 is 19.9 Å². The molecule has 2 amide bonds. The van der Waals surface area contributed by atoms with Crippen molar-refractivity contribution in [3.63, 3.8) is 0 Å². The van der Waals surface area contributed by atoms with Crippen LogP contribution in [0, 0.1) is 0 Å². The van der Waals surface area contributed by atoms with Gasteiger partial charge in [-0.25, -0.2) is 0 Å². The molecule has 0 radical (unpaired) electrons. The summed E-state index contributed by atoms with van der Waals surface area (Å²) in [6.45, 7) is 1.40. The zero-order valence-electron chi connectivity index (χ0n) is 21.9. The van der Waals surface area contributed by atoms with Gasteiger partial charge in [0.25, 0.3) is 5.91 Å². The first kappa shape index (κ1) is 25.6. The van der Waals surface area contributed by atoms with Gasteiger partial charge >= 0.3 is 0 Å². The number of carbonyl (C=O) groups is 3. The number of amides is 2. The van der Waals surface area contributed by atoms with Gasteiger partial charge in [-0.3, -0.25) is 19.3 Å². The van der Waals surface area contributed by atoms with E-state index in [4.69, 9.17) is 9.15 Å². The number of fused-ring (bicyclic) bond motifs is 1. The smallest absolute Gasteiger partial charge is 0.294 e. The van der Waals surface area contributed by atoms with Crippen molar-refractivity contribution in [2.45, 2.75) is 13.0 Å². The number of nitrogens with zero attached hydrogens (tertiary/aromatic N) is 2. The second kappa shape index (κ2) is 10.0. The number of benzene rings is 3. The molecule has 1 atom stereocenters. The molecule has 39 heavy (non-hydrogen) atoms. The number of rotatable bonds is 7. The third-order valence-electron chi connectivity index (χ3n) is 6.60. The van der Waals surface area contributed by atoms with Gasteiger partial charge < -0.3 is 24.5 Å². The molecule has 0 aliphatic carbocycles. The number of aliphatic hydroxyl groups excluding tert-OH is 1. The molecule has 1 aliphatic rings. The topological polar surface area (TPSA) is 112 Å². The standard InChI is InChI=1S/C30H27N3O6/c1-17(34)31-20-10-14-22(15-11-20)33-26(18-8-12-21(13-9-18)32(2)3)25(28(36)30(33)37)27(35)24-16-19-6-5-7-23(38-4)29(19)39-24/h5-16,26,36H,1-4H3,(H,31,34). The van der Waals surface area contributed by atoms with Crippen LogP contribution in [0.1, 0.15) is 29.1 Å². The van der Waals surface area contributed by atoms with Gasteiger partial charge in [0.15, 0.2) is 22.9 Å². The molecule has 198 valence electrons. The number of aliphatic hydroxyl groups is 1. The Morgan fingerprint density at radius 3 is 2.33 bits per heavy atom. The van der Waals surface area contributed by atoms with Crippen molar-refractivity contribution < 1.29 is 28.6 Å². The molecule has 4 aromatic rings. The van der Waals surface area contributed by atoms with Crippen molar-refractivity contribution in [1.29, 1.82) is 0 Å². The maximum atomic E-state index is 13.9. The van der Waals surface area contributed by atoms with Crippen LogP contribution in [0.2, 0.25) is 0 Å². The Morgan fingerprint density at radius 2 is 1.72 bits per heavy atom. The summed E-state index contributed by atoms with van der Waals surface area (Å²) in [6, 6.07) is 19.9. The molecule has 9 heteroatoms. The van der Waals surface area contributed by atoms with Gasteiger partial charge in [0.1, 0.15) is 0 Å². The molecule has 2 heterocycles. The largest absolute Gasteiger partial charge is 0.503 e. The molecule has 1 unspecified atom stereocenters. The van der Waals surface area contributed by atoms with Gasteiger partial charge in [0.2, 0.25) is 11.7 Å². The minimum atomic E-state index is -0.928. The fourth-order valence-corrected chi connectivity index (χ4v) is 4.72. The number of Topliss-reactive ketones (excluding diaryl/α,β-unsaturated/α-hetero) is 1. The van der Waals surface area contributed by atoms with Gasteiger partial charge in [-0.1, -0.05) is 24.3 Å². The molecule has 0 spiro atoms. The van der Waals surface area contributed by atoms with Gasteiger partial charge in [-0.15, -0.1) is 0 Å². The molecular weight excluding hydrogens is 498 g/mol. The Balaban J connectivity index is 1.62. The van der Waals surface area contributed by atoms with Crippen LogP contribution in [-0.2, 0) is 9.59 Å². The van der Waals surface area contributed by atoms with Crippen molar-refractivity contribution in [2.75, 3.05) is 36.3 Å². The van der Waals surface area contributed by atoms with Crippen LogP contribution >= 0.6 is 0 Å². The number of para-hydroxylation sites is 1. The molecule has 5 rings (SSSR count). The number of hydrogen-bond acceptors (Lipinski definition) is 7. The third-order valence-corrected chi connectivity index (χ3v) is 6.60. The first-order chi connectivity index (χ1) is 18.7. The lowest BCUT2D eigenvalue weighted by Crippen LogP contribution is -2.31. The van der Waals surface area contributed by atoms with Crippen molar-refractivity contribution in [2.24, 2.45) is 0 Å². The molecule has 0 bridgehead atoms. The van der Waals surface area contributed by atoms with E-state index in [1.54, 1.807) is 48.5 Å². The molecule has 1 aromatic heterocycles. The number of furan rings is 1. The van der Waals surface area contributed by atoms with Gasteiger partial charge in [0.05, 0.1) is 18.7 Å². The van der Waals surface area contributed by atoms with Gasteiger partial charge in [-0.05, 0) is 54.1 Å². The zero-order valence-corrected chi connectivity index (χ0v) is 21.9. The summed E-state index contributed by atoms with van der Waals surface area (Å²) < 4.78 is 11.2. The Morgan fingerprint density at radius 1 is 1.03 bits per heavy atom. The Bertz CT molecular complexity index is 1620. The summed E-state index contributed by atoms with van der Waals surface area (Å²) >= 11 is 0. The average Bonchev–Trinajstić information content (AvgIpc) is 3.47. The average molecular weight is 526 g/mol. The van der Waals surface area contributed by atoms with Crippen LogP contribution in [0.3, 0.4) is 0 Å². The fraction of sp³-hybridized carbons (Fsp3) is 0.167. The van der Waals surface area contributed by atoms with Crippen LogP contribution in [0.4, 0.5) is 17.1 Å². The molecule has 0 fully saturated rings. The van der Waals surface area contributed by atoms with Gasteiger partial charge in [0, 0.05) is 43.5 Å². The summed E-state index contributed by atoms with van der Waals surface area (Å²) in [6.07, 6.45) is 0. The molecular formula is C30H27N3O6. The monoisotopic (exact) mass is 525 g/mol. The molecule has 0 saturated heterocycles. The van der Waals surface area contributed by atoms with Crippen LogP contribution in [0.5, 0.6) is 5.75 Å². The van der Waals surface area contributed by atoms with E-state index in [0.29, 0.717) is 33.7 Å². The first-order valence-corrected chi connectivity index (χ1v) is 12.2. The zero-order chi connectivity index (χ0) is 27.8. The van der Waals surface area contributed by atoms with E-state index < -0.39 is 23.5 Å². The molecule has 0 saturated carbocycles. The number of carbonyl (C=O) groups excluding carboxylic acids is 3. The minimum Gasteiger partial charge on any atom is -0.503 e. The highest BCUT2D eigenvalue weighted by atomic mass is 16.5. The second-order valence-electron chi connectivity index (χ2n) is 9.37. The fourth-order valence-electron chi connectivity index (χ4n) is 4.72. The summed E-state index contributed by atoms with van der Waals surface area (Å²) in [4.78, 5) is 42.1. The van der Waals surface area contributed by atoms with E-state index in [1.165, 1.54) is 18.9 Å². The molecule has 9 nitrogen and oxygen atoms in total. The Labute approximate surface area is 224 Å². The number of anilines is 3. The summed E-state index contributed by atoms with van der Waals surface area (Å²) in [5.74, 6) is -1.78. The number of hydrogen-bond donors (Lipinski definition) is 2. The predicted molar refractivity (Wildman–Crippen MR) is 148 cm³/mol. The second-order valence-corrected chi connectivity index (χ2v) is 9.37. The number of ether oxygens (including phenoxy) is 1. The highest BCUT2D eigenvalue weighted by molar-refractivity contribution is 6.20. The summed E-state index contributed by atoms with van der Waals surface area (Å²) in [7, 11) is 5.33. The van der Waals surface area contributed by atoms with E-state index >= 15 is 0 Å². The lowest BCUT2D eigenvalue weighted by molar-refractivity contribution is -0.117. The molecule has 2 N–H and O–H groups in total. The van der Waals surface area contributed by atoms with E-state index in [9.17, 15) is 19.5 Å². The normalized spacial score (nSPS) is 15.1. The van der Waals surface area contributed by atoms with Crippen LogP contribution in [0.25, 0.3) is 11.0 Å². The van der Waals surface area contributed by atoms with E-state index in [1.807, 2.05) is 43.3 Å². The number of nitrogens with one attached hydrogen (secondary N) is 1. The predicted octanol–water partition coefficient (Wildman–Crippen LogP) is 5.25. The van der Waals surface area contributed by atoms with Crippen LogP contribution in [-0.4, -0.2) is 43.9 Å². The quantitative estimate of drug-likeness (QED) is 0.317. The van der Waals surface area contributed by atoms with Gasteiger partial charge in [-0.2, -0.15) is 0 Å². The number of methoxy groups -OCH3 is 1. The maximum absolute atomic E-state index is 13.9. The molecule has 3 aromatic carbocycles. The maximum Gasteiger partial charge on any atom is 0.294 e. The third kappa shape index (κ3) is 4.59. The Kier molecular flexibility index (Phi) is 6.57. The summed E-state index contributed by atoms with van der Waals surface area (Å²) in [5.41, 5.74) is 2.85. The SMILES string of the molecule is COc1cccc2cc(C(=O)C3=C(O)C(=O)N(c4ccc(NC(C)=O)cc4)C3c3ccc(N(C)C)cc3)oc12. The van der Waals surface area contributed by atoms with E-state index in [2.05, 4.69) is 5.32 Å². The highest BCUT2D eigenvalue weighted by Gasteiger charge is 2.45. The van der Waals surface area contributed by atoms with Crippen molar-refractivity contribution in [1.82, 2.24) is 0 Å². The van der Waals surface area contributed by atoms with Crippen LogP contribution in [0.15, 0.2) is 88.5 Å².